The number of hydrogen-bond donors (Lipinski definition) is 2. The van der Waals surface area contributed by atoms with E-state index < -0.39 is 0 Å². The van der Waals surface area contributed by atoms with Crippen LogP contribution in [0.15, 0.2) is 54.7 Å². The van der Waals surface area contributed by atoms with Gasteiger partial charge >= 0.3 is 0 Å². The van der Waals surface area contributed by atoms with E-state index in [9.17, 15) is 5.11 Å². The third-order valence-corrected chi connectivity index (χ3v) is 3.72. The maximum Gasteiger partial charge on any atom is 0.203 e. The summed E-state index contributed by atoms with van der Waals surface area (Å²) in [4.78, 5) is 4.45. The Morgan fingerprint density at radius 2 is 1.73 bits per heavy atom. The fourth-order valence-corrected chi connectivity index (χ4v) is 2.36. The first-order valence-corrected chi connectivity index (χ1v) is 7.24. The molecule has 1 heterocycles. The highest BCUT2D eigenvalue weighted by atomic mass is 16.3. The first kappa shape index (κ1) is 14.2. The van der Waals surface area contributed by atoms with E-state index in [1.807, 2.05) is 29.9 Å². The zero-order valence-corrected chi connectivity index (χ0v) is 12.7. The van der Waals surface area contributed by atoms with Crippen LogP contribution in [0.25, 0.3) is 11.3 Å². The third kappa shape index (κ3) is 2.96. The number of rotatable bonds is 4. The van der Waals surface area contributed by atoms with Gasteiger partial charge in [-0.1, -0.05) is 42.0 Å². The molecule has 0 bridgehead atoms. The molecule has 3 rings (SSSR count). The number of aryl methyl sites for hydroxylation is 1. The van der Waals surface area contributed by atoms with Gasteiger partial charge in [0.05, 0.1) is 11.9 Å². The fraction of sp³-hybridized carbons (Fsp3) is 0.167. The van der Waals surface area contributed by atoms with E-state index in [1.54, 1.807) is 12.1 Å². The summed E-state index contributed by atoms with van der Waals surface area (Å²) < 4.78 is 2.05. The van der Waals surface area contributed by atoms with Crippen molar-refractivity contribution in [2.24, 2.45) is 7.05 Å². The molecule has 0 radical (unpaired) electrons. The number of nitrogens with zero attached hydrogens (tertiary/aromatic N) is 2. The van der Waals surface area contributed by atoms with Gasteiger partial charge in [-0.3, -0.25) is 0 Å². The zero-order valence-electron chi connectivity index (χ0n) is 12.7. The summed E-state index contributed by atoms with van der Waals surface area (Å²) >= 11 is 0. The molecule has 0 aliphatic heterocycles. The molecule has 1 aromatic heterocycles. The Labute approximate surface area is 130 Å². The number of aromatic hydroxyl groups is 1. The van der Waals surface area contributed by atoms with E-state index in [0.717, 1.165) is 22.8 Å². The van der Waals surface area contributed by atoms with Crippen molar-refractivity contribution in [1.82, 2.24) is 9.55 Å². The van der Waals surface area contributed by atoms with Crippen molar-refractivity contribution in [2.75, 3.05) is 5.32 Å². The predicted octanol–water partition coefficient (Wildman–Crippen LogP) is 3.71. The van der Waals surface area contributed by atoms with Gasteiger partial charge in [0.1, 0.15) is 5.75 Å². The van der Waals surface area contributed by atoms with E-state index in [2.05, 4.69) is 41.5 Å². The second kappa shape index (κ2) is 5.93. The molecular weight excluding hydrogens is 274 g/mol. The summed E-state index contributed by atoms with van der Waals surface area (Å²) in [6.07, 6.45) is 1.88. The van der Waals surface area contributed by atoms with E-state index in [0.29, 0.717) is 6.54 Å². The lowest BCUT2D eigenvalue weighted by Crippen LogP contribution is -2.05. The molecule has 2 N–H and O–H groups in total. The summed E-state index contributed by atoms with van der Waals surface area (Å²) in [7, 11) is 2.00. The summed E-state index contributed by atoms with van der Waals surface area (Å²) in [5, 5.41) is 12.6. The molecule has 0 fully saturated rings. The Morgan fingerprint density at radius 1 is 1.05 bits per heavy atom. The molecule has 0 amide bonds. The number of benzene rings is 2. The zero-order chi connectivity index (χ0) is 15.5. The van der Waals surface area contributed by atoms with Gasteiger partial charge in [-0.05, 0) is 30.2 Å². The average Bonchev–Trinajstić information content (AvgIpc) is 2.89. The summed E-state index contributed by atoms with van der Waals surface area (Å²) in [5.41, 5.74) is 4.57. The fourth-order valence-electron chi connectivity index (χ4n) is 2.36. The quantitative estimate of drug-likeness (QED) is 0.771. The predicted molar refractivity (Wildman–Crippen MR) is 88.8 cm³/mol. The molecule has 0 saturated heterocycles. The second-order valence-electron chi connectivity index (χ2n) is 5.41. The van der Waals surface area contributed by atoms with Crippen molar-refractivity contribution in [1.29, 1.82) is 0 Å². The Hall–Kier alpha value is -2.75. The number of imidazole rings is 1. The van der Waals surface area contributed by atoms with Gasteiger partial charge in [-0.2, -0.15) is 0 Å². The molecule has 0 saturated carbocycles. The van der Waals surface area contributed by atoms with Gasteiger partial charge in [-0.25, -0.2) is 4.98 Å². The lowest BCUT2D eigenvalue weighted by atomic mass is 10.1. The summed E-state index contributed by atoms with van der Waals surface area (Å²) in [5.74, 6) is 1.10. The molecule has 3 aromatic rings. The van der Waals surface area contributed by atoms with Crippen molar-refractivity contribution in [3.05, 3.63) is 65.9 Å². The Bertz CT molecular complexity index is 758. The lowest BCUT2D eigenvalue weighted by Gasteiger charge is -2.09. The van der Waals surface area contributed by atoms with Crippen LogP contribution in [0.5, 0.6) is 5.75 Å². The Kier molecular flexibility index (Phi) is 3.83. The Morgan fingerprint density at radius 3 is 2.41 bits per heavy atom. The van der Waals surface area contributed by atoms with Gasteiger partial charge < -0.3 is 15.0 Å². The van der Waals surface area contributed by atoms with Crippen LogP contribution in [0.4, 0.5) is 5.95 Å². The van der Waals surface area contributed by atoms with Crippen LogP contribution in [0.1, 0.15) is 11.1 Å². The molecule has 0 unspecified atom stereocenters. The van der Waals surface area contributed by atoms with Gasteiger partial charge in [0.2, 0.25) is 5.95 Å². The highest BCUT2D eigenvalue weighted by Gasteiger charge is 2.08. The van der Waals surface area contributed by atoms with Crippen LogP contribution in [0, 0.1) is 6.92 Å². The van der Waals surface area contributed by atoms with Crippen molar-refractivity contribution in [2.45, 2.75) is 13.5 Å². The number of hydrogen-bond acceptors (Lipinski definition) is 3. The van der Waals surface area contributed by atoms with Crippen molar-refractivity contribution < 1.29 is 5.11 Å². The van der Waals surface area contributed by atoms with Gasteiger partial charge in [-0.15, -0.1) is 0 Å². The minimum absolute atomic E-state index is 0.280. The number of anilines is 1. The molecule has 0 aliphatic rings. The first-order valence-electron chi connectivity index (χ1n) is 7.24. The van der Waals surface area contributed by atoms with E-state index in [1.165, 1.54) is 5.56 Å². The maximum atomic E-state index is 9.30. The number of nitrogens with one attached hydrogen (secondary N) is 1. The number of aromatic nitrogens is 2. The lowest BCUT2D eigenvalue weighted by molar-refractivity contribution is 0.475. The molecular formula is C18H19N3O. The largest absolute Gasteiger partial charge is 0.508 e. The SMILES string of the molecule is Cc1ccc(-c2cnc(NCc3ccc(O)cc3)n2C)cc1. The molecule has 0 spiro atoms. The molecule has 2 aromatic carbocycles. The monoisotopic (exact) mass is 293 g/mol. The first-order chi connectivity index (χ1) is 10.6. The average molecular weight is 293 g/mol. The molecule has 112 valence electrons. The van der Waals surface area contributed by atoms with Gasteiger partial charge in [0.15, 0.2) is 0 Å². The molecule has 22 heavy (non-hydrogen) atoms. The van der Waals surface area contributed by atoms with Crippen LogP contribution < -0.4 is 5.32 Å². The van der Waals surface area contributed by atoms with Crippen molar-refractivity contribution >= 4 is 5.95 Å². The van der Waals surface area contributed by atoms with Crippen molar-refractivity contribution in [3.63, 3.8) is 0 Å². The smallest absolute Gasteiger partial charge is 0.203 e. The standard InChI is InChI=1S/C18H19N3O/c1-13-3-7-15(8-4-13)17-12-20-18(21(17)2)19-11-14-5-9-16(22)10-6-14/h3-10,12,22H,11H2,1-2H3,(H,19,20). The van der Waals surface area contributed by atoms with E-state index in [-0.39, 0.29) is 5.75 Å². The second-order valence-corrected chi connectivity index (χ2v) is 5.41. The van der Waals surface area contributed by atoms with Crippen LogP contribution in [0.2, 0.25) is 0 Å². The van der Waals surface area contributed by atoms with Gasteiger partial charge in [0.25, 0.3) is 0 Å². The number of phenolic OH excluding ortho intramolecular Hbond substituents is 1. The van der Waals surface area contributed by atoms with Crippen LogP contribution in [0.3, 0.4) is 0 Å². The third-order valence-electron chi connectivity index (χ3n) is 3.72. The normalized spacial score (nSPS) is 10.6. The summed E-state index contributed by atoms with van der Waals surface area (Å²) in [6, 6.07) is 15.6. The molecule has 0 atom stereocenters. The minimum Gasteiger partial charge on any atom is -0.508 e. The van der Waals surface area contributed by atoms with E-state index in [4.69, 9.17) is 0 Å². The topological polar surface area (TPSA) is 50.1 Å². The maximum absolute atomic E-state index is 9.30. The molecule has 0 aliphatic carbocycles. The van der Waals surface area contributed by atoms with Crippen LogP contribution in [-0.2, 0) is 13.6 Å². The highest BCUT2D eigenvalue weighted by molar-refractivity contribution is 5.61. The number of phenols is 1. The Balaban J connectivity index is 1.75. The van der Waals surface area contributed by atoms with Crippen LogP contribution >= 0.6 is 0 Å². The summed E-state index contributed by atoms with van der Waals surface area (Å²) in [6.45, 7) is 2.75. The van der Waals surface area contributed by atoms with Crippen molar-refractivity contribution in [3.8, 4) is 17.0 Å². The van der Waals surface area contributed by atoms with Crippen LogP contribution in [-0.4, -0.2) is 14.7 Å². The minimum atomic E-state index is 0.280. The molecule has 4 nitrogen and oxygen atoms in total. The van der Waals surface area contributed by atoms with Gasteiger partial charge in [0, 0.05) is 13.6 Å². The highest BCUT2D eigenvalue weighted by Crippen LogP contribution is 2.22. The van der Waals surface area contributed by atoms with E-state index >= 15 is 0 Å². The molecule has 4 heteroatoms.